The second-order valence-electron chi connectivity index (χ2n) is 7.89. The predicted molar refractivity (Wildman–Crippen MR) is 119 cm³/mol. The molecular formula is C21H19F2IN6O2. The van der Waals surface area contributed by atoms with Crippen LogP contribution in [-0.2, 0) is 6.42 Å². The number of carbonyl (C=O) groups excluding carboxylic acids is 1. The molecule has 166 valence electrons. The van der Waals surface area contributed by atoms with Crippen LogP contribution in [0.5, 0.6) is 0 Å². The van der Waals surface area contributed by atoms with Gasteiger partial charge in [0.05, 0.1) is 23.2 Å². The first kappa shape index (κ1) is 21.0. The third-order valence-corrected chi connectivity index (χ3v) is 6.08. The number of halogens is 3. The van der Waals surface area contributed by atoms with Crippen LogP contribution in [0.3, 0.4) is 0 Å². The second-order valence-corrected chi connectivity index (χ2v) is 8.99. The first-order valence-corrected chi connectivity index (χ1v) is 11.4. The van der Waals surface area contributed by atoms with Crippen LogP contribution in [0.15, 0.2) is 35.0 Å². The highest BCUT2D eigenvalue weighted by Crippen LogP contribution is 2.37. The molecule has 4 aromatic rings. The zero-order valence-corrected chi connectivity index (χ0v) is 19.4. The minimum atomic E-state index is -1.50. The Morgan fingerprint density at radius 3 is 2.91 bits per heavy atom. The van der Waals surface area contributed by atoms with Gasteiger partial charge < -0.3 is 14.3 Å². The number of carbonyl (C=O) groups is 1. The Balaban J connectivity index is 1.63. The summed E-state index contributed by atoms with van der Waals surface area (Å²) in [6.07, 6.45) is 2.09. The van der Waals surface area contributed by atoms with E-state index >= 15 is 0 Å². The number of nitrogens with zero attached hydrogens (tertiary/aromatic N) is 5. The Morgan fingerprint density at radius 2 is 2.19 bits per heavy atom. The molecule has 0 spiro atoms. The molecule has 1 aliphatic heterocycles. The molecule has 5 heterocycles. The number of H-pyrrole nitrogens is 1. The first-order chi connectivity index (χ1) is 15.3. The van der Waals surface area contributed by atoms with Crippen molar-refractivity contribution in [2.45, 2.75) is 36.4 Å². The van der Waals surface area contributed by atoms with Gasteiger partial charge in [-0.2, -0.15) is 9.49 Å². The first-order valence-electron chi connectivity index (χ1n) is 10.1. The summed E-state index contributed by atoms with van der Waals surface area (Å²) >= 11 is 1.57. The van der Waals surface area contributed by atoms with E-state index in [4.69, 9.17) is 4.42 Å². The summed E-state index contributed by atoms with van der Waals surface area (Å²) in [7, 11) is 0. The molecule has 0 aromatic carbocycles. The van der Waals surface area contributed by atoms with Crippen molar-refractivity contribution in [2.75, 3.05) is 6.54 Å². The van der Waals surface area contributed by atoms with Crippen LogP contribution in [0.25, 0.3) is 5.52 Å². The van der Waals surface area contributed by atoms with Crippen molar-refractivity contribution in [2.24, 2.45) is 0 Å². The number of aromatic nitrogens is 5. The van der Waals surface area contributed by atoms with Crippen molar-refractivity contribution in [1.29, 1.82) is 0 Å². The van der Waals surface area contributed by atoms with E-state index < -0.39 is 22.1 Å². The molecule has 1 amide bonds. The number of nitrogens with one attached hydrogen (secondary N) is 1. The van der Waals surface area contributed by atoms with Gasteiger partial charge in [-0.1, -0.05) is 19.9 Å². The monoisotopic (exact) mass is 552 g/mol. The highest BCUT2D eigenvalue weighted by atomic mass is 127. The molecule has 11 heteroatoms. The van der Waals surface area contributed by atoms with Crippen LogP contribution in [0, 0.1) is 5.95 Å². The Hall–Kier alpha value is -2.83. The Morgan fingerprint density at radius 1 is 1.38 bits per heavy atom. The maximum Gasteiger partial charge on any atom is 0.292 e. The summed E-state index contributed by atoms with van der Waals surface area (Å²) in [4.78, 5) is 26.9. The topological polar surface area (TPSA) is 92.3 Å². The van der Waals surface area contributed by atoms with Crippen molar-refractivity contribution in [3.05, 3.63) is 71.0 Å². The Bertz CT molecular complexity index is 1310. The Kier molecular flexibility index (Phi) is 5.22. The van der Waals surface area contributed by atoms with Gasteiger partial charge in [-0.3, -0.25) is 4.79 Å². The second kappa shape index (κ2) is 7.94. The molecule has 4 aromatic heterocycles. The normalized spacial score (nSPS) is 17.2. The predicted octanol–water partition coefficient (Wildman–Crippen LogP) is 4.50. The number of fused-ring (bicyclic) bond motifs is 2. The third kappa shape index (κ3) is 3.38. The number of rotatable bonds is 4. The molecular weight excluding hydrogens is 533 g/mol. The molecule has 5 rings (SSSR count). The molecule has 0 bridgehead atoms. The minimum Gasteiger partial charge on any atom is -0.435 e. The van der Waals surface area contributed by atoms with Crippen LogP contribution < -0.4 is 0 Å². The maximum atomic E-state index is 14.3. The van der Waals surface area contributed by atoms with E-state index in [2.05, 4.69) is 20.1 Å². The highest BCUT2D eigenvalue weighted by molar-refractivity contribution is 14.1. The molecule has 2 atom stereocenters. The quantitative estimate of drug-likeness (QED) is 0.229. The zero-order valence-electron chi connectivity index (χ0n) is 17.2. The smallest absolute Gasteiger partial charge is 0.292 e. The number of imidazole rings is 1. The number of hydrogen-bond donors (Lipinski definition) is 1. The molecule has 0 saturated carbocycles. The van der Waals surface area contributed by atoms with Crippen molar-refractivity contribution in [3.8, 4) is 0 Å². The van der Waals surface area contributed by atoms with E-state index in [0.29, 0.717) is 35.8 Å². The van der Waals surface area contributed by atoms with E-state index in [1.807, 2.05) is 13.8 Å². The van der Waals surface area contributed by atoms with Crippen molar-refractivity contribution in [1.82, 2.24) is 29.5 Å². The standard InChI is InChI=1S/C21H19F2IN6O2/c1-10(2)20-27-16(19(23)24)18(32-20)21(31)29-7-6-12-15(26-9-25-12)17(29)13-8-11-4-3-5-14(22)30(11)28-13/h3-5,8-10,17,19H,6-7H2,1-2H3,(H,25,26)/t17-,19?/m1/s1. The summed E-state index contributed by atoms with van der Waals surface area (Å²) in [5.74, 6) is -0.966. The van der Waals surface area contributed by atoms with Crippen molar-refractivity contribution >= 4 is 34.0 Å². The van der Waals surface area contributed by atoms with Gasteiger partial charge in [0.25, 0.3) is 5.91 Å². The van der Waals surface area contributed by atoms with E-state index in [1.165, 1.54) is 15.5 Å². The van der Waals surface area contributed by atoms with Crippen LogP contribution in [-0.4, -0.2) is 41.9 Å². The lowest BCUT2D eigenvalue weighted by Crippen LogP contribution is -2.41. The van der Waals surface area contributed by atoms with Gasteiger partial charge >= 0.3 is 0 Å². The summed E-state index contributed by atoms with van der Waals surface area (Å²) in [5, 5.41) is 4.40. The number of hydrogen-bond acceptors (Lipinski definition) is 5. The maximum absolute atomic E-state index is 14.3. The fourth-order valence-electron chi connectivity index (χ4n) is 3.96. The summed E-state index contributed by atoms with van der Waals surface area (Å²) in [6.45, 7) is 4.04. The van der Waals surface area contributed by atoms with Gasteiger partial charge in [-0.25, -0.2) is 18.9 Å². The van der Waals surface area contributed by atoms with E-state index in [-0.39, 0.29) is 17.4 Å². The minimum absolute atomic E-state index is 0.0353. The van der Waals surface area contributed by atoms with Gasteiger partial charge in [0.1, 0.15) is 11.7 Å². The van der Waals surface area contributed by atoms with Gasteiger partial charge in [0.15, 0.2) is 10.1 Å². The Labute approximate surface area is 195 Å². The van der Waals surface area contributed by atoms with Crippen LogP contribution in [0.1, 0.15) is 69.2 Å². The average molecular weight is 552 g/mol. The molecule has 0 fully saturated rings. The molecule has 32 heavy (non-hydrogen) atoms. The third-order valence-electron chi connectivity index (χ3n) is 5.49. The molecule has 0 radical (unpaired) electrons. The average Bonchev–Trinajstić information content (AvgIpc) is 3.49. The zero-order chi connectivity index (χ0) is 22.6. The SMILES string of the molecule is CC(C)c1nc(C(F)I)c(C(=O)N2CCc3[nH]cnc3[C@H]2c2cc3cccc(F)n3n2)o1. The van der Waals surface area contributed by atoms with E-state index in [9.17, 15) is 13.6 Å². The van der Waals surface area contributed by atoms with E-state index in [1.54, 1.807) is 47.1 Å². The lowest BCUT2D eigenvalue weighted by Gasteiger charge is -2.33. The number of aromatic amines is 1. The van der Waals surface area contributed by atoms with Gasteiger partial charge in [-0.05, 0) is 40.8 Å². The van der Waals surface area contributed by atoms with Crippen molar-refractivity contribution < 1.29 is 18.0 Å². The molecule has 1 unspecified atom stereocenters. The lowest BCUT2D eigenvalue weighted by molar-refractivity contribution is 0.0649. The largest absolute Gasteiger partial charge is 0.435 e. The number of oxazole rings is 1. The lowest BCUT2D eigenvalue weighted by atomic mass is 9.99. The summed E-state index contributed by atoms with van der Waals surface area (Å²) in [5.41, 5.74) is 2.45. The summed E-state index contributed by atoms with van der Waals surface area (Å²) < 4.78 is 34.0. The van der Waals surface area contributed by atoms with Gasteiger partial charge in [0.2, 0.25) is 11.7 Å². The molecule has 1 N–H and O–H groups in total. The molecule has 8 nitrogen and oxygen atoms in total. The van der Waals surface area contributed by atoms with E-state index in [0.717, 1.165) is 5.69 Å². The number of pyridine rings is 1. The highest BCUT2D eigenvalue weighted by Gasteiger charge is 2.39. The van der Waals surface area contributed by atoms with Crippen LogP contribution in [0.4, 0.5) is 8.78 Å². The fourth-order valence-corrected chi connectivity index (χ4v) is 4.38. The molecule has 1 aliphatic rings. The molecule has 0 saturated heterocycles. The number of amides is 1. The molecule has 0 aliphatic carbocycles. The van der Waals surface area contributed by atoms with Crippen LogP contribution >= 0.6 is 22.6 Å². The number of alkyl halides is 2. The van der Waals surface area contributed by atoms with Gasteiger partial charge in [-0.15, -0.1) is 0 Å². The van der Waals surface area contributed by atoms with Crippen molar-refractivity contribution in [3.63, 3.8) is 0 Å². The van der Waals surface area contributed by atoms with Crippen LogP contribution in [0.2, 0.25) is 0 Å². The fraction of sp³-hybridized carbons (Fsp3) is 0.333. The summed E-state index contributed by atoms with van der Waals surface area (Å²) in [6, 6.07) is 5.66. The van der Waals surface area contributed by atoms with Gasteiger partial charge in [0, 0.05) is 24.6 Å².